The van der Waals surface area contributed by atoms with Crippen LogP contribution in [0.4, 0.5) is 0 Å². The van der Waals surface area contributed by atoms with Crippen LogP contribution in [0.15, 0.2) is 6.20 Å². The van der Waals surface area contributed by atoms with Crippen LogP contribution < -0.4 is 11.1 Å². The summed E-state index contributed by atoms with van der Waals surface area (Å²) in [4.78, 5) is 11.6. The third-order valence-electron chi connectivity index (χ3n) is 2.94. The van der Waals surface area contributed by atoms with Crippen LogP contribution in [-0.4, -0.2) is 21.7 Å². The standard InChI is InChI=1S/C12H20N4O/c1-8(2)14-11(17)7-16-6-9-4-3-5-10(13)12(9)15-16/h6,8,10H,3-5,7,13H2,1-2H3,(H,14,17). The van der Waals surface area contributed by atoms with E-state index in [0.29, 0.717) is 0 Å². The van der Waals surface area contributed by atoms with E-state index in [2.05, 4.69) is 10.4 Å². The predicted octanol–water partition coefficient (Wildman–Crippen LogP) is 0.744. The van der Waals surface area contributed by atoms with Gasteiger partial charge in [-0.1, -0.05) is 0 Å². The first-order chi connectivity index (χ1) is 8.06. The second-order valence-electron chi connectivity index (χ2n) is 4.96. The van der Waals surface area contributed by atoms with Gasteiger partial charge in [-0.3, -0.25) is 9.48 Å². The molecule has 0 saturated carbocycles. The maximum Gasteiger partial charge on any atom is 0.241 e. The lowest BCUT2D eigenvalue weighted by Crippen LogP contribution is -2.33. The average Bonchev–Trinajstić information content (AvgIpc) is 2.60. The average molecular weight is 236 g/mol. The quantitative estimate of drug-likeness (QED) is 0.813. The minimum Gasteiger partial charge on any atom is -0.352 e. The number of fused-ring (bicyclic) bond motifs is 1. The number of aromatic nitrogens is 2. The molecule has 1 unspecified atom stereocenters. The van der Waals surface area contributed by atoms with Crippen molar-refractivity contribution in [3.05, 3.63) is 17.5 Å². The normalized spacial score (nSPS) is 19.2. The van der Waals surface area contributed by atoms with Crippen LogP contribution in [0.3, 0.4) is 0 Å². The molecule has 0 bridgehead atoms. The molecule has 3 N–H and O–H groups in total. The lowest BCUT2D eigenvalue weighted by molar-refractivity contribution is -0.122. The highest BCUT2D eigenvalue weighted by molar-refractivity contribution is 5.75. The Morgan fingerprint density at radius 3 is 3.12 bits per heavy atom. The Morgan fingerprint density at radius 2 is 2.47 bits per heavy atom. The highest BCUT2D eigenvalue weighted by atomic mass is 16.2. The van der Waals surface area contributed by atoms with Gasteiger partial charge in [0.1, 0.15) is 6.54 Å². The molecular formula is C12H20N4O. The van der Waals surface area contributed by atoms with E-state index in [1.165, 1.54) is 5.56 Å². The molecule has 1 aliphatic carbocycles. The van der Waals surface area contributed by atoms with Gasteiger partial charge in [-0.2, -0.15) is 5.10 Å². The molecule has 0 aliphatic heterocycles. The van der Waals surface area contributed by atoms with Gasteiger partial charge in [-0.25, -0.2) is 0 Å². The topological polar surface area (TPSA) is 72.9 Å². The van der Waals surface area contributed by atoms with Crippen molar-refractivity contribution >= 4 is 5.91 Å². The molecule has 1 amide bonds. The van der Waals surface area contributed by atoms with Crippen molar-refractivity contribution in [1.29, 1.82) is 0 Å². The molecule has 1 aromatic rings. The summed E-state index contributed by atoms with van der Waals surface area (Å²) in [6.45, 7) is 4.17. The van der Waals surface area contributed by atoms with E-state index in [0.717, 1.165) is 25.0 Å². The Bertz CT molecular complexity index is 411. The van der Waals surface area contributed by atoms with Crippen molar-refractivity contribution in [3.63, 3.8) is 0 Å². The van der Waals surface area contributed by atoms with Crippen molar-refractivity contribution in [2.75, 3.05) is 0 Å². The summed E-state index contributed by atoms with van der Waals surface area (Å²) in [5, 5.41) is 7.26. The van der Waals surface area contributed by atoms with E-state index < -0.39 is 0 Å². The molecule has 1 aromatic heterocycles. The van der Waals surface area contributed by atoms with Gasteiger partial charge in [0.2, 0.25) is 5.91 Å². The number of carbonyl (C=O) groups is 1. The number of hydrogen-bond donors (Lipinski definition) is 2. The second kappa shape index (κ2) is 4.87. The van der Waals surface area contributed by atoms with Crippen LogP contribution in [0.5, 0.6) is 0 Å². The Balaban J connectivity index is 2.05. The molecule has 0 saturated heterocycles. The lowest BCUT2D eigenvalue weighted by atomic mass is 9.95. The number of carbonyl (C=O) groups excluding carboxylic acids is 1. The molecule has 1 atom stereocenters. The highest BCUT2D eigenvalue weighted by Crippen LogP contribution is 2.26. The molecule has 5 nitrogen and oxygen atoms in total. The molecule has 1 aliphatic rings. The van der Waals surface area contributed by atoms with E-state index in [4.69, 9.17) is 5.73 Å². The van der Waals surface area contributed by atoms with Crippen LogP contribution >= 0.6 is 0 Å². The monoisotopic (exact) mass is 236 g/mol. The molecule has 0 aromatic carbocycles. The fourth-order valence-electron chi connectivity index (χ4n) is 2.23. The van der Waals surface area contributed by atoms with Crippen LogP contribution in [0.1, 0.15) is 44.0 Å². The van der Waals surface area contributed by atoms with Crippen molar-refractivity contribution in [2.24, 2.45) is 5.73 Å². The molecule has 1 heterocycles. The molecule has 5 heteroatoms. The van der Waals surface area contributed by atoms with Crippen LogP contribution in [0, 0.1) is 0 Å². The van der Waals surface area contributed by atoms with Crippen molar-refractivity contribution in [2.45, 2.75) is 51.7 Å². The Hall–Kier alpha value is -1.36. The Morgan fingerprint density at radius 1 is 1.71 bits per heavy atom. The predicted molar refractivity (Wildman–Crippen MR) is 65.4 cm³/mol. The third-order valence-corrected chi connectivity index (χ3v) is 2.94. The Labute approximate surface area is 101 Å². The van der Waals surface area contributed by atoms with Crippen LogP contribution in [-0.2, 0) is 17.8 Å². The SMILES string of the molecule is CC(C)NC(=O)Cn1cc2c(n1)C(N)CCC2. The molecule has 2 rings (SSSR count). The summed E-state index contributed by atoms with van der Waals surface area (Å²) in [7, 11) is 0. The van der Waals surface area contributed by atoms with Gasteiger partial charge >= 0.3 is 0 Å². The van der Waals surface area contributed by atoms with Gasteiger partial charge in [0.25, 0.3) is 0 Å². The largest absolute Gasteiger partial charge is 0.352 e. The van der Waals surface area contributed by atoms with Crippen molar-refractivity contribution in [1.82, 2.24) is 15.1 Å². The summed E-state index contributed by atoms with van der Waals surface area (Å²) in [6.07, 6.45) is 5.07. The summed E-state index contributed by atoms with van der Waals surface area (Å²) in [5.74, 6) is -0.00609. The summed E-state index contributed by atoms with van der Waals surface area (Å²) >= 11 is 0. The van der Waals surface area contributed by atoms with Gasteiger partial charge in [-0.15, -0.1) is 0 Å². The Kier molecular flexibility index (Phi) is 3.47. The first-order valence-electron chi connectivity index (χ1n) is 6.17. The number of nitrogens with one attached hydrogen (secondary N) is 1. The van der Waals surface area contributed by atoms with E-state index >= 15 is 0 Å². The summed E-state index contributed by atoms with van der Waals surface area (Å²) in [5.41, 5.74) is 8.16. The zero-order chi connectivity index (χ0) is 12.4. The van der Waals surface area contributed by atoms with E-state index in [-0.39, 0.29) is 24.5 Å². The molecule has 17 heavy (non-hydrogen) atoms. The smallest absolute Gasteiger partial charge is 0.241 e. The van der Waals surface area contributed by atoms with Gasteiger partial charge < -0.3 is 11.1 Å². The van der Waals surface area contributed by atoms with Crippen molar-refractivity contribution < 1.29 is 4.79 Å². The maximum absolute atomic E-state index is 11.6. The van der Waals surface area contributed by atoms with E-state index in [1.807, 2.05) is 20.0 Å². The zero-order valence-electron chi connectivity index (χ0n) is 10.4. The van der Waals surface area contributed by atoms with Crippen LogP contribution in [0.2, 0.25) is 0 Å². The number of aryl methyl sites for hydroxylation is 1. The number of nitrogens with two attached hydrogens (primary N) is 1. The first kappa shape index (κ1) is 12.1. The molecule has 0 radical (unpaired) electrons. The first-order valence-corrected chi connectivity index (χ1v) is 6.17. The van der Waals surface area contributed by atoms with Crippen molar-refractivity contribution in [3.8, 4) is 0 Å². The van der Waals surface area contributed by atoms with Crippen LogP contribution in [0.25, 0.3) is 0 Å². The second-order valence-corrected chi connectivity index (χ2v) is 4.96. The minimum absolute atomic E-state index is 0.00609. The summed E-state index contributed by atoms with van der Waals surface area (Å²) in [6, 6.07) is 0.197. The van der Waals surface area contributed by atoms with E-state index in [1.54, 1.807) is 4.68 Å². The molecule has 94 valence electrons. The number of rotatable bonds is 3. The molecular weight excluding hydrogens is 216 g/mol. The summed E-state index contributed by atoms with van der Waals surface area (Å²) < 4.78 is 1.70. The zero-order valence-corrected chi connectivity index (χ0v) is 10.4. The minimum atomic E-state index is -0.00609. The molecule has 0 spiro atoms. The van der Waals surface area contributed by atoms with Gasteiger partial charge in [0, 0.05) is 18.3 Å². The van der Waals surface area contributed by atoms with Gasteiger partial charge in [0.05, 0.1) is 5.69 Å². The lowest BCUT2D eigenvalue weighted by Gasteiger charge is -2.15. The number of nitrogens with zero attached hydrogens (tertiary/aromatic N) is 2. The van der Waals surface area contributed by atoms with Gasteiger partial charge in [0.15, 0.2) is 0 Å². The van der Waals surface area contributed by atoms with Gasteiger partial charge in [-0.05, 0) is 38.7 Å². The fourth-order valence-corrected chi connectivity index (χ4v) is 2.23. The molecule has 0 fully saturated rings. The number of amides is 1. The third kappa shape index (κ3) is 2.85. The highest BCUT2D eigenvalue weighted by Gasteiger charge is 2.21. The fraction of sp³-hybridized carbons (Fsp3) is 0.667. The number of hydrogen-bond acceptors (Lipinski definition) is 3. The maximum atomic E-state index is 11.6. The van der Waals surface area contributed by atoms with E-state index in [9.17, 15) is 4.79 Å².